The number of ether oxygens (including phenoxy) is 2. The summed E-state index contributed by atoms with van der Waals surface area (Å²) in [6, 6.07) is 6.84. The van der Waals surface area contributed by atoms with Gasteiger partial charge in [-0.1, -0.05) is 22.0 Å². The minimum Gasteiger partial charge on any atom is -0.486 e. The van der Waals surface area contributed by atoms with Crippen molar-refractivity contribution in [1.82, 2.24) is 4.90 Å². The van der Waals surface area contributed by atoms with Crippen LogP contribution in [-0.4, -0.2) is 31.1 Å². The van der Waals surface area contributed by atoms with Crippen molar-refractivity contribution in [1.29, 1.82) is 0 Å². The predicted octanol–water partition coefficient (Wildman–Crippen LogP) is 4.26. The van der Waals surface area contributed by atoms with Gasteiger partial charge >= 0.3 is 0 Å². The van der Waals surface area contributed by atoms with Crippen molar-refractivity contribution in [3.63, 3.8) is 0 Å². The van der Waals surface area contributed by atoms with E-state index in [-0.39, 0.29) is 12.3 Å². The molecule has 0 fully saturated rings. The number of likely N-dealkylation sites (N-methyl/N-ethyl adjacent to an activating group) is 1. The Morgan fingerprint density at radius 3 is 2.46 bits per heavy atom. The van der Waals surface area contributed by atoms with E-state index in [1.807, 2.05) is 0 Å². The second kappa shape index (κ2) is 7.61. The van der Waals surface area contributed by atoms with Crippen LogP contribution in [0.4, 0.5) is 8.78 Å². The van der Waals surface area contributed by atoms with Crippen molar-refractivity contribution in [2.45, 2.75) is 19.4 Å². The van der Waals surface area contributed by atoms with Crippen LogP contribution in [0.25, 0.3) is 0 Å². The van der Waals surface area contributed by atoms with Gasteiger partial charge in [0.2, 0.25) is 5.91 Å². The first kappa shape index (κ1) is 18.6. The van der Waals surface area contributed by atoms with Gasteiger partial charge in [0.15, 0.2) is 23.1 Å². The molecule has 4 nitrogen and oxygen atoms in total. The summed E-state index contributed by atoms with van der Waals surface area (Å²) in [6.07, 6.45) is 0.141. The normalized spacial score (nSPS) is 14.0. The van der Waals surface area contributed by atoms with E-state index in [4.69, 9.17) is 9.47 Å². The molecule has 1 amide bonds. The molecule has 0 aliphatic carbocycles. The van der Waals surface area contributed by atoms with Gasteiger partial charge < -0.3 is 14.4 Å². The van der Waals surface area contributed by atoms with Gasteiger partial charge in [-0.2, -0.15) is 0 Å². The van der Waals surface area contributed by atoms with Crippen LogP contribution in [0.1, 0.15) is 24.1 Å². The molecular weight excluding hydrogens is 408 g/mol. The first-order valence-electron chi connectivity index (χ1n) is 8.15. The summed E-state index contributed by atoms with van der Waals surface area (Å²) in [6.45, 7) is 2.73. The Morgan fingerprint density at radius 2 is 1.81 bits per heavy atom. The maximum absolute atomic E-state index is 13.5. The van der Waals surface area contributed by atoms with Gasteiger partial charge in [-0.25, -0.2) is 8.78 Å². The molecule has 1 heterocycles. The second-order valence-corrected chi connectivity index (χ2v) is 6.97. The molecule has 1 aliphatic heterocycles. The van der Waals surface area contributed by atoms with Gasteiger partial charge in [0.05, 0.1) is 12.5 Å². The van der Waals surface area contributed by atoms with Crippen LogP contribution in [0.2, 0.25) is 0 Å². The summed E-state index contributed by atoms with van der Waals surface area (Å²) in [4.78, 5) is 14.2. The summed E-state index contributed by atoms with van der Waals surface area (Å²) in [5.74, 6) is -0.735. The molecule has 0 saturated heterocycles. The molecule has 26 heavy (non-hydrogen) atoms. The lowest BCUT2D eigenvalue weighted by atomic mass is 10.1. The number of carbonyl (C=O) groups is 1. The van der Waals surface area contributed by atoms with Gasteiger partial charge in [0.1, 0.15) is 13.2 Å². The highest BCUT2D eigenvalue weighted by molar-refractivity contribution is 9.10. The molecule has 0 radical (unpaired) electrons. The molecule has 2 aromatic rings. The third kappa shape index (κ3) is 3.82. The Labute approximate surface area is 158 Å². The highest BCUT2D eigenvalue weighted by Gasteiger charge is 2.21. The van der Waals surface area contributed by atoms with Crippen LogP contribution in [0.15, 0.2) is 34.8 Å². The topological polar surface area (TPSA) is 38.8 Å². The maximum atomic E-state index is 13.5. The Balaban J connectivity index is 1.75. The third-order valence-electron chi connectivity index (χ3n) is 4.45. The Hall–Kier alpha value is -2.15. The van der Waals surface area contributed by atoms with E-state index in [9.17, 15) is 13.6 Å². The van der Waals surface area contributed by atoms with E-state index in [2.05, 4.69) is 15.9 Å². The van der Waals surface area contributed by atoms with E-state index in [0.717, 1.165) is 22.2 Å². The number of hydrogen-bond acceptors (Lipinski definition) is 3. The first-order valence-corrected chi connectivity index (χ1v) is 8.94. The summed E-state index contributed by atoms with van der Waals surface area (Å²) < 4.78 is 38.4. The highest BCUT2D eigenvalue weighted by atomic mass is 79.9. The van der Waals surface area contributed by atoms with Crippen LogP contribution in [0.3, 0.4) is 0 Å². The molecule has 3 rings (SSSR count). The molecule has 2 aromatic carbocycles. The maximum Gasteiger partial charge on any atom is 0.227 e. The van der Waals surface area contributed by atoms with Crippen molar-refractivity contribution in [3.8, 4) is 11.5 Å². The van der Waals surface area contributed by atoms with E-state index in [1.165, 1.54) is 11.0 Å². The van der Waals surface area contributed by atoms with Crippen molar-refractivity contribution >= 4 is 21.8 Å². The zero-order valence-corrected chi connectivity index (χ0v) is 16.0. The third-order valence-corrected chi connectivity index (χ3v) is 5.19. The van der Waals surface area contributed by atoms with Crippen LogP contribution in [-0.2, 0) is 11.2 Å². The fourth-order valence-electron chi connectivity index (χ4n) is 2.74. The zero-order chi connectivity index (χ0) is 18.8. The van der Waals surface area contributed by atoms with Gasteiger partial charge in [-0.3, -0.25) is 4.79 Å². The first-order chi connectivity index (χ1) is 12.4. The molecule has 0 aromatic heterocycles. The fraction of sp³-hybridized carbons (Fsp3) is 0.316. The van der Waals surface area contributed by atoms with Crippen molar-refractivity contribution < 1.29 is 23.0 Å². The largest absolute Gasteiger partial charge is 0.486 e. The molecule has 0 N–H and O–H groups in total. The Kier molecular flexibility index (Phi) is 5.46. The minimum absolute atomic E-state index is 0.141. The molecule has 0 bridgehead atoms. The molecule has 0 saturated carbocycles. The van der Waals surface area contributed by atoms with Crippen molar-refractivity contribution in [2.75, 3.05) is 20.3 Å². The monoisotopic (exact) mass is 425 g/mol. The zero-order valence-electron chi connectivity index (χ0n) is 14.4. The second-order valence-electron chi connectivity index (χ2n) is 6.12. The molecule has 1 aliphatic rings. The average molecular weight is 426 g/mol. The lowest BCUT2D eigenvalue weighted by Gasteiger charge is -2.26. The number of fused-ring (bicyclic) bond motifs is 1. The van der Waals surface area contributed by atoms with Crippen LogP contribution in [0, 0.1) is 11.6 Å². The number of hydrogen-bond donors (Lipinski definition) is 0. The minimum atomic E-state index is -0.926. The van der Waals surface area contributed by atoms with E-state index in [1.54, 1.807) is 26.1 Å². The van der Waals surface area contributed by atoms with Crippen LogP contribution in [0.5, 0.6) is 11.5 Å². The average Bonchev–Trinajstić information content (AvgIpc) is 2.63. The lowest BCUT2D eigenvalue weighted by molar-refractivity contribution is -0.131. The number of carbonyl (C=O) groups excluding carboxylic acids is 1. The number of amides is 1. The SMILES string of the molecule is CC(c1ccc(F)c(F)c1)N(C)C(=O)Cc1cc2c(cc1Br)OCCO2. The van der Waals surface area contributed by atoms with Gasteiger partial charge in [-0.15, -0.1) is 0 Å². The summed E-state index contributed by atoms with van der Waals surface area (Å²) in [5.41, 5.74) is 1.30. The van der Waals surface area contributed by atoms with Crippen molar-refractivity contribution in [3.05, 3.63) is 57.6 Å². The molecule has 1 unspecified atom stereocenters. The van der Waals surface area contributed by atoms with Gasteiger partial charge in [0, 0.05) is 11.5 Å². The molecular formula is C19H18BrF2NO3. The van der Waals surface area contributed by atoms with Gasteiger partial charge in [-0.05, 0) is 42.3 Å². The smallest absolute Gasteiger partial charge is 0.227 e. The molecule has 0 spiro atoms. The highest BCUT2D eigenvalue weighted by Crippen LogP contribution is 2.36. The summed E-state index contributed by atoms with van der Waals surface area (Å²) in [7, 11) is 1.64. The van der Waals surface area contributed by atoms with Crippen LogP contribution < -0.4 is 9.47 Å². The predicted molar refractivity (Wildman–Crippen MR) is 96.4 cm³/mol. The molecule has 7 heteroatoms. The van der Waals surface area contributed by atoms with E-state index < -0.39 is 17.7 Å². The van der Waals surface area contributed by atoms with E-state index in [0.29, 0.717) is 30.3 Å². The quantitative estimate of drug-likeness (QED) is 0.734. The lowest BCUT2D eigenvalue weighted by Crippen LogP contribution is -2.31. The molecule has 138 valence electrons. The van der Waals surface area contributed by atoms with Crippen molar-refractivity contribution in [2.24, 2.45) is 0 Å². The Morgan fingerprint density at radius 1 is 1.15 bits per heavy atom. The summed E-state index contributed by atoms with van der Waals surface area (Å²) >= 11 is 3.45. The van der Waals surface area contributed by atoms with E-state index >= 15 is 0 Å². The van der Waals surface area contributed by atoms with Gasteiger partial charge in [0.25, 0.3) is 0 Å². The Bertz CT molecular complexity index is 844. The number of nitrogens with zero attached hydrogens (tertiary/aromatic N) is 1. The summed E-state index contributed by atoms with van der Waals surface area (Å²) in [5, 5.41) is 0. The standard InChI is InChI=1S/C19H18BrF2NO3/c1-11(12-3-4-15(21)16(22)7-12)23(2)19(24)9-13-8-17-18(10-14(13)20)26-6-5-25-17/h3-4,7-8,10-11H,5-6,9H2,1-2H3. The fourth-order valence-corrected chi connectivity index (χ4v) is 3.20. The number of halogens is 3. The molecule has 1 atom stereocenters. The number of benzene rings is 2. The van der Waals surface area contributed by atoms with Crippen LogP contribution >= 0.6 is 15.9 Å². The number of rotatable bonds is 4.